The second-order valence-corrected chi connectivity index (χ2v) is 9.05. The SMILES string of the molecule is Cc1ccc(S(=O)(=O)N2CCN(CC(=O)Nc3ccc(NC(N)=O)cc3)CC2)cc1. The Hall–Kier alpha value is -2.95. The number of hydrogen-bond donors (Lipinski definition) is 3. The predicted octanol–water partition coefficient (Wildman–Crippen LogP) is 1.43. The van der Waals surface area contributed by atoms with E-state index < -0.39 is 16.1 Å². The third-order valence-electron chi connectivity index (χ3n) is 4.79. The average molecular weight is 432 g/mol. The number of carbonyl (C=O) groups is 2. The monoisotopic (exact) mass is 431 g/mol. The molecule has 3 rings (SSSR count). The molecule has 0 aromatic heterocycles. The molecule has 0 atom stereocenters. The van der Waals surface area contributed by atoms with Gasteiger partial charge in [-0.1, -0.05) is 17.7 Å². The minimum Gasteiger partial charge on any atom is -0.351 e. The van der Waals surface area contributed by atoms with Gasteiger partial charge >= 0.3 is 6.03 Å². The van der Waals surface area contributed by atoms with Gasteiger partial charge in [-0.15, -0.1) is 0 Å². The molecule has 10 heteroatoms. The zero-order valence-corrected chi connectivity index (χ0v) is 17.5. The van der Waals surface area contributed by atoms with Gasteiger partial charge in [-0.2, -0.15) is 4.31 Å². The first-order chi connectivity index (χ1) is 14.2. The summed E-state index contributed by atoms with van der Waals surface area (Å²) in [5.74, 6) is -0.194. The molecule has 0 unspecified atom stereocenters. The lowest BCUT2D eigenvalue weighted by Gasteiger charge is -2.33. The standard InChI is InChI=1S/C20H25N5O4S/c1-15-2-8-18(9-3-15)30(28,29)25-12-10-24(11-13-25)14-19(26)22-16-4-6-17(7-5-16)23-20(21)27/h2-9H,10-14H2,1H3,(H,22,26)(H3,21,23,27). The topological polar surface area (TPSA) is 125 Å². The highest BCUT2D eigenvalue weighted by molar-refractivity contribution is 7.89. The van der Waals surface area contributed by atoms with Crippen LogP contribution in [-0.2, 0) is 14.8 Å². The number of rotatable bonds is 6. The number of nitrogens with zero attached hydrogens (tertiary/aromatic N) is 2. The van der Waals surface area contributed by atoms with Crippen LogP contribution in [0.25, 0.3) is 0 Å². The number of amides is 3. The number of aryl methyl sites for hydroxylation is 1. The zero-order chi connectivity index (χ0) is 21.7. The normalized spacial score (nSPS) is 15.5. The molecule has 0 saturated carbocycles. The maximum absolute atomic E-state index is 12.8. The van der Waals surface area contributed by atoms with Crippen LogP contribution in [0, 0.1) is 6.92 Å². The van der Waals surface area contributed by atoms with Gasteiger partial charge in [0.2, 0.25) is 15.9 Å². The van der Waals surface area contributed by atoms with Crippen molar-refractivity contribution >= 4 is 33.3 Å². The van der Waals surface area contributed by atoms with Gasteiger partial charge in [0.1, 0.15) is 0 Å². The van der Waals surface area contributed by atoms with Crippen LogP contribution in [0.2, 0.25) is 0 Å². The number of urea groups is 1. The lowest BCUT2D eigenvalue weighted by Crippen LogP contribution is -2.50. The molecule has 4 N–H and O–H groups in total. The largest absolute Gasteiger partial charge is 0.351 e. The van der Waals surface area contributed by atoms with Crippen LogP contribution in [0.15, 0.2) is 53.4 Å². The number of anilines is 2. The summed E-state index contributed by atoms with van der Waals surface area (Å²) in [7, 11) is -3.52. The Kier molecular flexibility index (Phi) is 6.70. The summed E-state index contributed by atoms with van der Waals surface area (Å²) in [6, 6.07) is 12.7. The van der Waals surface area contributed by atoms with Crippen molar-refractivity contribution in [3.05, 3.63) is 54.1 Å². The number of primary amides is 1. The molecule has 2 aromatic carbocycles. The maximum atomic E-state index is 12.8. The molecule has 1 heterocycles. The number of nitrogens with one attached hydrogen (secondary N) is 2. The molecular formula is C20H25N5O4S. The summed E-state index contributed by atoms with van der Waals surface area (Å²) in [6.45, 7) is 3.68. The summed E-state index contributed by atoms with van der Waals surface area (Å²) in [4.78, 5) is 25.3. The van der Waals surface area contributed by atoms with E-state index in [2.05, 4.69) is 10.6 Å². The second kappa shape index (κ2) is 9.24. The highest BCUT2D eigenvalue weighted by Gasteiger charge is 2.28. The Balaban J connectivity index is 1.50. The Morgan fingerprint density at radius 2 is 1.43 bits per heavy atom. The van der Waals surface area contributed by atoms with E-state index in [9.17, 15) is 18.0 Å². The van der Waals surface area contributed by atoms with Crippen molar-refractivity contribution in [2.24, 2.45) is 5.73 Å². The van der Waals surface area contributed by atoms with E-state index in [0.717, 1.165) is 5.56 Å². The summed E-state index contributed by atoms with van der Waals surface area (Å²) in [5.41, 5.74) is 7.19. The number of piperazine rings is 1. The van der Waals surface area contributed by atoms with Gasteiger partial charge < -0.3 is 16.4 Å². The Morgan fingerprint density at radius 3 is 1.97 bits per heavy atom. The van der Waals surface area contributed by atoms with Gasteiger partial charge in [0.25, 0.3) is 0 Å². The van der Waals surface area contributed by atoms with Crippen LogP contribution >= 0.6 is 0 Å². The van der Waals surface area contributed by atoms with Crippen molar-refractivity contribution in [3.63, 3.8) is 0 Å². The van der Waals surface area contributed by atoms with Crippen molar-refractivity contribution < 1.29 is 18.0 Å². The fourth-order valence-electron chi connectivity index (χ4n) is 3.17. The lowest BCUT2D eigenvalue weighted by molar-refractivity contribution is -0.117. The summed E-state index contributed by atoms with van der Waals surface area (Å²) in [6.07, 6.45) is 0. The first kappa shape index (κ1) is 21.8. The van der Waals surface area contributed by atoms with Crippen LogP contribution < -0.4 is 16.4 Å². The van der Waals surface area contributed by atoms with E-state index in [-0.39, 0.29) is 17.3 Å². The molecule has 160 valence electrons. The van der Waals surface area contributed by atoms with Crippen molar-refractivity contribution in [3.8, 4) is 0 Å². The third kappa shape index (κ3) is 5.56. The third-order valence-corrected chi connectivity index (χ3v) is 6.71. The van der Waals surface area contributed by atoms with Crippen LogP contribution in [0.3, 0.4) is 0 Å². The van der Waals surface area contributed by atoms with E-state index in [1.54, 1.807) is 48.5 Å². The first-order valence-corrected chi connectivity index (χ1v) is 10.9. The summed E-state index contributed by atoms with van der Waals surface area (Å²) < 4.78 is 27.0. The number of carbonyl (C=O) groups excluding carboxylic acids is 2. The van der Waals surface area contributed by atoms with Crippen LogP contribution in [0.5, 0.6) is 0 Å². The van der Waals surface area contributed by atoms with Gasteiger partial charge in [-0.3, -0.25) is 9.69 Å². The van der Waals surface area contributed by atoms with E-state index in [0.29, 0.717) is 37.6 Å². The molecule has 1 aliphatic rings. The van der Waals surface area contributed by atoms with Crippen molar-refractivity contribution in [1.82, 2.24) is 9.21 Å². The molecule has 0 spiro atoms. The molecule has 30 heavy (non-hydrogen) atoms. The van der Waals surface area contributed by atoms with Gasteiger partial charge in [0, 0.05) is 37.6 Å². The van der Waals surface area contributed by atoms with Crippen molar-refractivity contribution in [2.45, 2.75) is 11.8 Å². The molecule has 2 aromatic rings. The van der Waals surface area contributed by atoms with Crippen molar-refractivity contribution in [2.75, 3.05) is 43.4 Å². The Morgan fingerprint density at radius 1 is 0.900 bits per heavy atom. The highest BCUT2D eigenvalue weighted by Crippen LogP contribution is 2.18. The average Bonchev–Trinajstić information content (AvgIpc) is 2.70. The van der Waals surface area contributed by atoms with Crippen molar-refractivity contribution in [1.29, 1.82) is 0 Å². The molecule has 1 aliphatic heterocycles. The smallest absolute Gasteiger partial charge is 0.316 e. The van der Waals surface area contributed by atoms with Gasteiger partial charge in [0.05, 0.1) is 11.4 Å². The number of benzene rings is 2. The predicted molar refractivity (Wildman–Crippen MR) is 115 cm³/mol. The van der Waals surface area contributed by atoms with Gasteiger partial charge in [-0.25, -0.2) is 13.2 Å². The molecule has 0 radical (unpaired) electrons. The number of sulfonamides is 1. The van der Waals surface area contributed by atoms with Crippen LogP contribution in [-0.4, -0.2) is 62.3 Å². The quantitative estimate of drug-likeness (QED) is 0.638. The molecule has 0 aliphatic carbocycles. The molecule has 3 amide bonds. The zero-order valence-electron chi connectivity index (χ0n) is 16.7. The fourth-order valence-corrected chi connectivity index (χ4v) is 4.59. The van der Waals surface area contributed by atoms with Crippen LogP contribution in [0.1, 0.15) is 5.56 Å². The highest BCUT2D eigenvalue weighted by atomic mass is 32.2. The van der Waals surface area contributed by atoms with E-state index >= 15 is 0 Å². The van der Waals surface area contributed by atoms with E-state index in [4.69, 9.17) is 5.73 Å². The van der Waals surface area contributed by atoms with Gasteiger partial charge in [-0.05, 0) is 43.3 Å². The first-order valence-electron chi connectivity index (χ1n) is 9.49. The number of hydrogen-bond acceptors (Lipinski definition) is 5. The molecule has 9 nitrogen and oxygen atoms in total. The summed E-state index contributed by atoms with van der Waals surface area (Å²) >= 11 is 0. The molecule has 1 saturated heterocycles. The van der Waals surface area contributed by atoms with Crippen LogP contribution in [0.4, 0.5) is 16.2 Å². The minimum atomic E-state index is -3.52. The summed E-state index contributed by atoms with van der Waals surface area (Å²) in [5, 5.41) is 5.23. The Labute approximate surface area is 175 Å². The minimum absolute atomic E-state index is 0.166. The Bertz CT molecular complexity index is 998. The molecule has 0 bridgehead atoms. The van der Waals surface area contributed by atoms with E-state index in [1.807, 2.05) is 11.8 Å². The van der Waals surface area contributed by atoms with Gasteiger partial charge in [0.15, 0.2) is 0 Å². The number of nitrogens with two attached hydrogens (primary N) is 1. The fraction of sp³-hybridized carbons (Fsp3) is 0.300. The molecule has 1 fully saturated rings. The molecular weight excluding hydrogens is 406 g/mol. The maximum Gasteiger partial charge on any atom is 0.316 e. The second-order valence-electron chi connectivity index (χ2n) is 7.11. The van der Waals surface area contributed by atoms with E-state index in [1.165, 1.54) is 4.31 Å². The lowest BCUT2D eigenvalue weighted by atomic mass is 10.2.